The van der Waals surface area contributed by atoms with Crippen LogP contribution in [0.5, 0.6) is 0 Å². The summed E-state index contributed by atoms with van der Waals surface area (Å²) in [7, 11) is 0. The second-order valence-electron chi connectivity index (χ2n) is 5.70. The van der Waals surface area contributed by atoms with Crippen LogP contribution in [0.3, 0.4) is 0 Å². The first kappa shape index (κ1) is 17.7. The maximum absolute atomic E-state index is 11.9. The first-order valence-electron chi connectivity index (χ1n) is 7.79. The third-order valence-corrected chi connectivity index (χ3v) is 3.68. The quantitative estimate of drug-likeness (QED) is 0.608. The van der Waals surface area contributed by atoms with E-state index in [1.165, 1.54) is 0 Å². The molecule has 0 spiro atoms. The fourth-order valence-electron chi connectivity index (χ4n) is 2.23. The molecular weight excluding hydrogens is 264 g/mol. The van der Waals surface area contributed by atoms with Gasteiger partial charge in [0, 0.05) is 18.5 Å². The summed E-state index contributed by atoms with van der Waals surface area (Å²) in [6, 6.07) is 9.50. The highest BCUT2D eigenvalue weighted by Gasteiger charge is 2.21. The summed E-state index contributed by atoms with van der Waals surface area (Å²) in [5.41, 5.74) is 7.14. The minimum absolute atomic E-state index is 0.00517. The predicted octanol–water partition coefficient (Wildman–Crippen LogP) is 1.86. The summed E-state index contributed by atoms with van der Waals surface area (Å²) >= 11 is 0. The lowest BCUT2D eigenvalue weighted by molar-refractivity contribution is -0.125. The van der Waals surface area contributed by atoms with Gasteiger partial charge < -0.3 is 16.2 Å². The van der Waals surface area contributed by atoms with Crippen LogP contribution in [0.4, 0.5) is 0 Å². The number of nitrogens with one attached hydrogen (secondary N) is 1. The van der Waals surface area contributed by atoms with Crippen LogP contribution >= 0.6 is 0 Å². The van der Waals surface area contributed by atoms with Crippen LogP contribution in [-0.4, -0.2) is 29.7 Å². The highest BCUT2D eigenvalue weighted by atomic mass is 16.3. The molecule has 1 rings (SSSR count). The van der Waals surface area contributed by atoms with E-state index in [0.717, 1.165) is 18.4 Å². The predicted molar refractivity (Wildman–Crippen MR) is 85.8 cm³/mol. The Balaban J connectivity index is 2.37. The van der Waals surface area contributed by atoms with E-state index in [0.29, 0.717) is 19.4 Å². The molecule has 0 aromatic heterocycles. The molecule has 4 nitrogen and oxygen atoms in total. The van der Waals surface area contributed by atoms with Gasteiger partial charge in [-0.15, -0.1) is 0 Å². The van der Waals surface area contributed by atoms with E-state index in [1.54, 1.807) is 0 Å². The second kappa shape index (κ2) is 9.53. The Bertz CT molecular complexity index is 409. The van der Waals surface area contributed by atoms with E-state index in [2.05, 4.69) is 12.2 Å². The molecule has 118 valence electrons. The van der Waals surface area contributed by atoms with Gasteiger partial charge in [0.15, 0.2) is 0 Å². The molecule has 1 aromatic carbocycles. The third-order valence-electron chi connectivity index (χ3n) is 3.68. The highest BCUT2D eigenvalue weighted by Crippen LogP contribution is 2.12. The number of hydrogen-bond donors (Lipinski definition) is 3. The van der Waals surface area contributed by atoms with Crippen molar-refractivity contribution in [3.63, 3.8) is 0 Å². The zero-order chi connectivity index (χ0) is 15.7. The highest BCUT2D eigenvalue weighted by molar-refractivity contribution is 5.78. The van der Waals surface area contributed by atoms with Gasteiger partial charge in [0.1, 0.15) is 0 Å². The van der Waals surface area contributed by atoms with E-state index in [4.69, 9.17) is 5.73 Å². The minimum atomic E-state index is -0.669. The van der Waals surface area contributed by atoms with Gasteiger partial charge in [-0.25, -0.2) is 0 Å². The summed E-state index contributed by atoms with van der Waals surface area (Å²) in [4.78, 5) is 11.9. The number of hydrogen-bond acceptors (Lipinski definition) is 3. The van der Waals surface area contributed by atoms with E-state index >= 15 is 0 Å². The van der Waals surface area contributed by atoms with Gasteiger partial charge in [0.2, 0.25) is 5.91 Å². The monoisotopic (exact) mass is 292 g/mol. The van der Waals surface area contributed by atoms with Gasteiger partial charge in [-0.2, -0.15) is 0 Å². The molecule has 0 unspecified atom stereocenters. The van der Waals surface area contributed by atoms with Crippen LogP contribution in [0, 0.1) is 5.92 Å². The van der Waals surface area contributed by atoms with E-state index in [1.807, 2.05) is 37.3 Å². The number of benzene rings is 1. The van der Waals surface area contributed by atoms with Crippen molar-refractivity contribution in [3.05, 3.63) is 35.9 Å². The van der Waals surface area contributed by atoms with Crippen LogP contribution < -0.4 is 11.1 Å². The Morgan fingerprint density at radius 1 is 1.33 bits per heavy atom. The van der Waals surface area contributed by atoms with Crippen LogP contribution in [0.25, 0.3) is 0 Å². The van der Waals surface area contributed by atoms with Crippen LogP contribution in [0.2, 0.25) is 0 Å². The molecule has 0 bridgehead atoms. The molecule has 1 aromatic rings. The van der Waals surface area contributed by atoms with E-state index in [-0.39, 0.29) is 17.9 Å². The van der Waals surface area contributed by atoms with Crippen molar-refractivity contribution in [2.24, 2.45) is 11.7 Å². The number of aliphatic hydroxyl groups is 1. The lowest BCUT2D eigenvalue weighted by Crippen LogP contribution is -2.40. The molecule has 3 atom stereocenters. The first-order chi connectivity index (χ1) is 10.0. The zero-order valence-corrected chi connectivity index (χ0v) is 13.1. The summed E-state index contributed by atoms with van der Waals surface area (Å²) in [5, 5.41) is 13.1. The fraction of sp³-hybridized carbons (Fsp3) is 0.588. The van der Waals surface area contributed by atoms with Crippen molar-refractivity contribution >= 4 is 5.91 Å². The average Bonchev–Trinajstić information content (AvgIpc) is 2.48. The number of rotatable bonds is 9. The van der Waals surface area contributed by atoms with E-state index < -0.39 is 6.10 Å². The second-order valence-corrected chi connectivity index (χ2v) is 5.70. The molecule has 0 fully saturated rings. The van der Waals surface area contributed by atoms with Crippen molar-refractivity contribution < 1.29 is 9.90 Å². The molecule has 0 aliphatic heterocycles. The third kappa shape index (κ3) is 6.74. The standard InChI is InChI=1S/C17H28N2O2/c1-3-4-10-19-17(21)13(2)11-16(20)15(18)12-14-8-6-5-7-9-14/h5-9,13,15-16,20H,3-4,10-12,18H2,1-2H3,(H,19,21)/t13-,15+,16+/m1/s1. The largest absolute Gasteiger partial charge is 0.391 e. The van der Waals surface area contributed by atoms with Gasteiger partial charge >= 0.3 is 0 Å². The van der Waals surface area contributed by atoms with Crippen LogP contribution in [0.1, 0.15) is 38.7 Å². The number of carbonyl (C=O) groups is 1. The molecule has 0 saturated carbocycles. The molecule has 0 heterocycles. The van der Waals surface area contributed by atoms with Gasteiger partial charge in [0.25, 0.3) is 0 Å². The summed E-state index contributed by atoms with van der Waals surface area (Å²) < 4.78 is 0. The molecule has 0 radical (unpaired) electrons. The smallest absolute Gasteiger partial charge is 0.222 e. The fourth-order valence-corrected chi connectivity index (χ4v) is 2.23. The van der Waals surface area contributed by atoms with Gasteiger partial charge in [0.05, 0.1) is 6.10 Å². The lowest BCUT2D eigenvalue weighted by atomic mass is 9.94. The number of unbranched alkanes of at least 4 members (excludes halogenated alkanes) is 1. The number of nitrogens with two attached hydrogens (primary N) is 1. The molecule has 1 amide bonds. The number of carbonyl (C=O) groups excluding carboxylic acids is 1. The lowest BCUT2D eigenvalue weighted by Gasteiger charge is -2.22. The zero-order valence-electron chi connectivity index (χ0n) is 13.1. The number of amides is 1. The molecule has 0 aliphatic rings. The molecule has 0 saturated heterocycles. The van der Waals surface area contributed by atoms with Gasteiger partial charge in [-0.3, -0.25) is 4.79 Å². The van der Waals surface area contributed by atoms with Crippen LogP contribution in [0.15, 0.2) is 30.3 Å². The first-order valence-corrected chi connectivity index (χ1v) is 7.79. The van der Waals surface area contributed by atoms with Crippen LogP contribution in [-0.2, 0) is 11.2 Å². The Hall–Kier alpha value is -1.39. The van der Waals surface area contributed by atoms with Crippen molar-refractivity contribution in [2.75, 3.05) is 6.54 Å². The van der Waals surface area contributed by atoms with Crippen molar-refractivity contribution in [1.82, 2.24) is 5.32 Å². The minimum Gasteiger partial charge on any atom is -0.391 e. The summed E-state index contributed by atoms with van der Waals surface area (Å²) in [6.45, 7) is 4.62. The molecule has 4 N–H and O–H groups in total. The Kier molecular flexibility index (Phi) is 8.01. The van der Waals surface area contributed by atoms with Gasteiger partial charge in [-0.05, 0) is 24.8 Å². The Labute approximate surface area is 127 Å². The normalized spacial score (nSPS) is 15.2. The van der Waals surface area contributed by atoms with E-state index in [9.17, 15) is 9.90 Å². The topological polar surface area (TPSA) is 75.3 Å². The maximum Gasteiger partial charge on any atom is 0.222 e. The summed E-state index contributed by atoms with van der Waals surface area (Å²) in [6.07, 6.45) is 2.38. The summed E-state index contributed by atoms with van der Waals surface area (Å²) in [5.74, 6) is -0.229. The Morgan fingerprint density at radius 3 is 2.62 bits per heavy atom. The SMILES string of the molecule is CCCCNC(=O)[C@H](C)C[C@H](O)[C@@H](N)Cc1ccccc1. The average molecular weight is 292 g/mol. The maximum atomic E-state index is 11.9. The molecule has 4 heteroatoms. The van der Waals surface area contributed by atoms with Crippen molar-refractivity contribution in [1.29, 1.82) is 0 Å². The van der Waals surface area contributed by atoms with Crippen molar-refractivity contribution in [3.8, 4) is 0 Å². The molecule has 21 heavy (non-hydrogen) atoms. The van der Waals surface area contributed by atoms with Crippen molar-refractivity contribution in [2.45, 2.75) is 51.7 Å². The molecular formula is C17H28N2O2. The Morgan fingerprint density at radius 2 is 2.00 bits per heavy atom. The number of aliphatic hydroxyl groups excluding tert-OH is 1. The van der Waals surface area contributed by atoms with Gasteiger partial charge in [-0.1, -0.05) is 50.6 Å². The molecule has 0 aliphatic carbocycles.